The molecule has 0 radical (unpaired) electrons. The van der Waals surface area contributed by atoms with Crippen LogP contribution in [0, 0.1) is 40.4 Å². The minimum absolute atomic E-state index is 0.00990. The van der Waals surface area contributed by atoms with Crippen LogP contribution in [-0.4, -0.2) is 51.6 Å². The largest absolute Gasteiger partial charge is 0.573 e. The zero-order valence-corrected chi connectivity index (χ0v) is 23.5. The molecule has 0 aliphatic heterocycles. The molecule has 1 aromatic heterocycles. The monoisotopic (exact) mass is 563 g/mol. The number of alkyl halides is 3. The normalized spacial score (nSPS) is 39.4. The lowest BCUT2D eigenvalue weighted by molar-refractivity contribution is -0.274. The van der Waals surface area contributed by atoms with E-state index >= 15 is 0 Å². The summed E-state index contributed by atoms with van der Waals surface area (Å²) >= 11 is 0. The van der Waals surface area contributed by atoms with E-state index in [9.17, 15) is 23.1 Å². The Morgan fingerprint density at radius 1 is 1.05 bits per heavy atom. The van der Waals surface area contributed by atoms with Crippen LogP contribution in [0.4, 0.5) is 13.2 Å². The van der Waals surface area contributed by atoms with Gasteiger partial charge in [0.1, 0.15) is 23.3 Å². The highest BCUT2D eigenvalue weighted by molar-refractivity contribution is 5.82. The van der Waals surface area contributed by atoms with E-state index in [1.165, 1.54) is 23.0 Å². The minimum atomic E-state index is -4.79. The number of ether oxygens (including phenoxy) is 2. The number of rotatable bonds is 6. The summed E-state index contributed by atoms with van der Waals surface area (Å²) in [6.07, 6.45) is 4.08. The topological polar surface area (TPSA) is 86.5 Å². The average Bonchev–Trinajstić information content (AvgIpc) is 3.42. The van der Waals surface area contributed by atoms with Crippen molar-refractivity contribution in [2.45, 2.75) is 90.1 Å². The smallest absolute Gasteiger partial charge is 0.406 e. The van der Waals surface area contributed by atoms with Crippen molar-refractivity contribution in [3.05, 3.63) is 18.2 Å². The standard InChI is InChI=1S/C30H40F3N3O4/c1-27(38)12-13-29(17-39-3)18(15-27)4-6-20-21-7-8-23(28(21,2)11-10-22(20)29)26(37)16-36-34-24-9-5-19(14-25(24)35-36)40-30(31,32)33/h5,9,14,18,20-23,38H,4,6-8,10-13,15-17H2,1-3H3. The molecule has 40 heavy (non-hydrogen) atoms. The van der Waals surface area contributed by atoms with Crippen molar-refractivity contribution in [1.82, 2.24) is 15.0 Å². The van der Waals surface area contributed by atoms with Gasteiger partial charge in [0.25, 0.3) is 0 Å². The van der Waals surface area contributed by atoms with E-state index in [2.05, 4.69) is 21.9 Å². The number of aromatic nitrogens is 3. The van der Waals surface area contributed by atoms with Crippen molar-refractivity contribution in [2.75, 3.05) is 13.7 Å². The zero-order chi connectivity index (χ0) is 28.5. The molecule has 4 aliphatic rings. The van der Waals surface area contributed by atoms with E-state index in [0.717, 1.165) is 64.4 Å². The van der Waals surface area contributed by atoms with Crippen LogP contribution in [0.1, 0.15) is 71.6 Å². The maximum atomic E-state index is 13.7. The van der Waals surface area contributed by atoms with Gasteiger partial charge in [0, 0.05) is 19.1 Å². The van der Waals surface area contributed by atoms with Crippen LogP contribution in [0.15, 0.2) is 18.2 Å². The number of aliphatic hydroxyl groups is 1. The second-order valence-electron chi connectivity index (χ2n) is 13.6. The third kappa shape index (κ3) is 4.72. The molecule has 1 aromatic carbocycles. The number of hydrogen-bond donors (Lipinski definition) is 1. The molecule has 1 heterocycles. The van der Waals surface area contributed by atoms with E-state index in [4.69, 9.17) is 4.74 Å². The summed E-state index contributed by atoms with van der Waals surface area (Å²) in [6.45, 7) is 5.04. The second kappa shape index (κ2) is 9.68. The van der Waals surface area contributed by atoms with Crippen LogP contribution in [0.5, 0.6) is 5.75 Å². The molecule has 8 atom stereocenters. The molecule has 4 aliphatic carbocycles. The Bertz CT molecular complexity index is 1280. The van der Waals surface area contributed by atoms with Crippen LogP contribution < -0.4 is 4.74 Å². The van der Waals surface area contributed by atoms with Crippen molar-refractivity contribution in [3.63, 3.8) is 0 Å². The maximum absolute atomic E-state index is 13.7. The molecule has 6 rings (SSSR count). The SMILES string of the molecule is COCC12CCC(C)(O)CC1CCC1C3CCC(C(=O)Cn4nc5ccc(OC(F)(F)F)cc5n4)C3(C)CCC12. The predicted molar refractivity (Wildman–Crippen MR) is 141 cm³/mol. The first-order valence-corrected chi connectivity index (χ1v) is 14.7. The van der Waals surface area contributed by atoms with Gasteiger partial charge in [0.05, 0.1) is 12.2 Å². The Morgan fingerprint density at radius 3 is 2.58 bits per heavy atom. The van der Waals surface area contributed by atoms with Gasteiger partial charge in [-0.3, -0.25) is 4.79 Å². The van der Waals surface area contributed by atoms with Crippen LogP contribution in [0.2, 0.25) is 0 Å². The number of halogens is 3. The zero-order valence-electron chi connectivity index (χ0n) is 23.5. The molecule has 0 spiro atoms. The number of ketones is 1. The highest BCUT2D eigenvalue weighted by atomic mass is 19.4. The van der Waals surface area contributed by atoms with Crippen molar-refractivity contribution >= 4 is 16.8 Å². The van der Waals surface area contributed by atoms with Gasteiger partial charge in [-0.2, -0.15) is 15.0 Å². The summed E-state index contributed by atoms with van der Waals surface area (Å²) in [6, 6.07) is 3.83. The minimum Gasteiger partial charge on any atom is -0.406 e. The molecule has 1 N–H and O–H groups in total. The van der Waals surface area contributed by atoms with Gasteiger partial charge in [0.2, 0.25) is 0 Å². The highest BCUT2D eigenvalue weighted by Gasteiger charge is 2.63. The number of Topliss-reactive ketones (excluding diaryl/α,β-unsaturated/α-hetero) is 1. The molecule has 4 saturated carbocycles. The summed E-state index contributed by atoms with van der Waals surface area (Å²) < 4.78 is 47.7. The first kappa shape index (κ1) is 27.9. The fourth-order valence-corrected chi connectivity index (χ4v) is 9.77. The molecule has 8 unspecified atom stereocenters. The van der Waals surface area contributed by atoms with Crippen LogP contribution in [0.25, 0.3) is 11.0 Å². The molecular formula is C30H40F3N3O4. The van der Waals surface area contributed by atoms with Crippen molar-refractivity contribution < 1.29 is 32.5 Å². The van der Waals surface area contributed by atoms with Gasteiger partial charge in [0.15, 0.2) is 5.78 Å². The summed E-state index contributed by atoms with van der Waals surface area (Å²) in [7, 11) is 1.80. The molecule has 4 fully saturated rings. The molecular weight excluding hydrogens is 523 g/mol. The van der Waals surface area contributed by atoms with Crippen molar-refractivity contribution in [3.8, 4) is 5.75 Å². The predicted octanol–water partition coefficient (Wildman–Crippen LogP) is 5.94. The Hall–Kier alpha value is -2.20. The van der Waals surface area contributed by atoms with Crippen molar-refractivity contribution in [2.24, 2.45) is 40.4 Å². The van der Waals surface area contributed by atoms with Gasteiger partial charge in [-0.15, -0.1) is 13.2 Å². The second-order valence-corrected chi connectivity index (χ2v) is 13.6. The van der Waals surface area contributed by atoms with E-state index in [1.807, 2.05) is 6.92 Å². The number of carbonyl (C=O) groups is 1. The molecule has 2 aromatic rings. The fraction of sp³-hybridized carbons (Fsp3) is 0.767. The average molecular weight is 564 g/mol. The molecule has 0 amide bonds. The van der Waals surface area contributed by atoms with Gasteiger partial charge in [-0.05, 0) is 111 Å². The molecule has 220 valence electrons. The Kier molecular flexibility index (Phi) is 6.76. The molecule has 0 saturated heterocycles. The first-order chi connectivity index (χ1) is 18.8. The van der Waals surface area contributed by atoms with Gasteiger partial charge >= 0.3 is 6.36 Å². The fourth-order valence-electron chi connectivity index (χ4n) is 9.77. The maximum Gasteiger partial charge on any atom is 0.573 e. The quantitative estimate of drug-likeness (QED) is 0.469. The summed E-state index contributed by atoms with van der Waals surface area (Å²) in [5.74, 6) is 1.73. The lowest BCUT2D eigenvalue weighted by Crippen LogP contribution is -2.58. The van der Waals surface area contributed by atoms with Gasteiger partial charge < -0.3 is 14.6 Å². The number of benzene rings is 1. The van der Waals surface area contributed by atoms with Crippen LogP contribution in [-0.2, 0) is 16.1 Å². The Morgan fingerprint density at radius 2 is 1.82 bits per heavy atom. The first-order valence-electron chi connectivity index (χ1n) is 14.7. The highest BCUT2D eigenvalue weighted by Crippen LogP contribution is 2.68. The molecule has 7 nitrogen and oxygen atoms in total. The number of fused-ring (bicyclic) bond motifs is 6. The van der Waals surface area contributed by atoms with Crippen LogP contribution >= 0.6 is 0 Å². The van der Waals surface area contributed by atoms with E-state index in [1.54, 1.807) is 7.11 Å². The van der Waals surface area contributed by atoms with Gasteiger partial charge in [-0.25, -0.2) is 0 Å². The lowest BCUT2D eigenvalue weighted by atomic mass is 9.43. The summed E-state index contributed by atoms with van der Waals surface area (Å²) in [4.78, 5) is 15.0. The Labute approximate surface area is 232 Å². The number of carbonyl (C=O) groups excluding carboxylic acids is 1. The third-order valence-electron chi connectivity index (χ3n) is 11.4. The van der Waals surface area contributed by atoms with Crippen LogP contribution in [0.3, 0.4) is 0 Å². The lowest BCUT2D eigenvalue weighted by Gasteiger charge is -2.62. The summed E-state index contributed by atoms with van der Waals surface area (Å²) in [5.41, 5.74) is 0.111. The van der Waals surface area contributed by atoms with E-state index < -0.39 is 12.0 Å². The number of nitrogens with zero attached hydrogens (tertiary/aromatic N) is 3. The van der Waals surface area contributed by atoms with E-state index in [0.29, 0.717) is 29.2 Å². The molecule has 0 bridgehead atoms. The number of hydrogen-bond acceptors (Lipinski definition) is 6. The molecule has 10 heteroatoms. The van der Waals surface area contributed by atoms with Crippen molar-refractivity contribution in [1.29, 1.82) is 0 Å². The third-order valence-corrected chi connectivity index (χ3v) is 11.4. The number of methoxy groups -OCH3 is 1. The van der Waals surface area contributed by atoms with Gasteiger partial charge in [-0.1, -0.05) is 6.92 Å². The van der Waals surface area contributed by atoms with E-state index in [-0.39, 0.29) is 40.3 Å². The summed E-state index contributed by atoms with van der Waals surface area (Å²) in [5, 5.41) is 19.5. The Balaban J connectivity index is 1.19.